The number of rotatable bonds is 9. The number of primary amides is 1. The Morgan fingerprint density at radius 1 is 1.30 bits per heavy atom. The van der Waals surface area contributed by atoms with E-state index in [0.29, 0.717) is 12.6 Å². The summed E-state index contributed by atoms with van der Waals surface area (Å²) in [6.07, 6.45) is 2.15. The van der Waals surface area contributed by atoms with E-state index >= 15 is 0 Å². The summed E-state index contributed by atoms with van der Waals surface area (Å²) in [5.74, 6) is 0.168. The number of ether oxygens (including phenoxy) is 1. The molecule has 0 saturated heterocycles. The summed E-state index contributed by atoms with van der Waals surface area (Å²) in [5.41, 5.74) is 6.47. The molecule has 4 nitrogen and oxygen atoms in total. The lowest BCUT2D eigenvalue weighted by Gasteiger charge is -2.14. The van der Waals surface area contributed by atoms with E-state index in [1.165, 1.54) is 5.56 Å². The van der Waals surface area contributed by atoms with Crippen molar-refractivity contribution in [1.82, 2.24) is 5.32 Å². The highest BCUT2D eigenvalue weighted by Crippen LogP contribution is 2.14. The van der Waals surface area contributed by atoms with E-state index in [9.17, 15) is 4.79 Å². The summed E-state index contributed by atoms with van der Waals surface area (Å²) in [6, 6.07) is 8.48. The fourth-order valence-electron chi connectivity index (χ4n) is 1.84. The maximum absolute atomic E-state index is 10.9. The van der Waals surface area contributed by atoms with Crippen LogP contribution in [0.5, 0.6) is 5.75 Å². The van der Waals surface area contributed by atoms with Crippen LogP contribution in [0.3, 0.4) is 0 Å². The number of nitrogens with two attached hydrogens (primary N) is 1. The molecular weight excluding hydrogens is 252 g/mol. The second-order valence-corrected chi connectivity index (χ2v) is 5.32. The van der Waals surface area contributed by atoms with Crippen LogP contribution in [-0.2, 0) is 11.2 Å². The average molecular weight is 278 g/mol. The summed E-state index contributed by atoms with van der Waals surface area (Å²) in [4.78, 5) is 10.9. The maximum atomic E-state index is 10.9. The molecule has 0 aliphatic rings. The zero-order valence-corrected chi connectivity index (χ0v) is 12.7. The number of amides is 1. The Morgan fingerprint density at radius 2 is 1.95 bits per heavy atom. The lowest BCUT2D eigenvalue weighted by atomic mass is 10.1. The highest BCUT2D eigenvalue weighted by Gasteiger charge is 2.09. The van der Waals surface area contributed by atoms with Crippen molar-refractivity contribution in [3.63, 3.8) is 0 Å². The van der Waals surface area contributed by atoms with E-state index in [0.717, 1.165) is 25.1 Å². The Labute approximate surface area is 121 Å². The highest BCUT2D eigenvalue weighted by atomic mass is 16.5. The van der Waals surface area contributed by atoms with Gasteiger partial charge in [-0.1, -0.05) is 26.0 Å². The summed E-state index contributed by atoms with van der Waals surface area (Å²) >= 11 is 0. The molecule has 1 aromatic rings. The van der Waals surface area contributed by atoms with Gasteiger partial charge in [0.1, 0.15) is 5.75 Å². The van der Waals surface area contributed by atoms with E-state index in [1.54, 1.807) is 6.92 Å². The Morgan fingerprint density at radius 3 is 2.50 bits per heavy atom. The van der Waals surface area contributed by atoms with Crippen LogP contribution in [0.25, 0.3) is 0 Å². The molecule has 0 saturated carbocycles. The zero-order chi connectivity index (χ0) is 15.0. The zero-order valence-electron chi connectivity index (χ0n) is 12.7. The van der Waals surface area contributed by atoms with Crippen LogP contribution in [0.1, 0.15) is 32.8 Å². The van der Waals surface area contributed by atoms with Gasteiger partial charge in [0.2, 0.25) is 5.91 Å². The van der Waals surface area contributed by atoms with Gasteiger partial charge in [-0.3, -0.25) is 4.79 Å². The highest BCUT2D eigenvalue weighted by molar-refractivity contribution is 5.76. The van der Waals surface area contributed by atoms with Crippen molar-refractivity contribution < 1.29 is 9.53 Å². The Bertz CT molecular complexity index is 403. The van der Waals surface area contributed by atoms with Crippen molar-refractivity contribution >= 4 is 5.91 Å². The molecule has 0 bridgehead atoms. The third-order valence-electron chi connectivity index (χ3n) is 3.19. The van der Waals surface area contributed by atoms with Crippen LogP contribution in [-0.4, -0.2) is 25.1 Å². The van der Waals surface area contributed by atoms with Crippen molar-refractivity contribution in [3.05, 3.63) is 29.8 Å². The Kier molecular flexibility index (Phi) is 7.09. The predicted molar refractivity (Wildman–Crippen MR) is 81.8 cm³/mol. The van der Waals surface area contributed by atoms with Gasteiger partial charge in [0.25, 0.3) is 0 Å². The summed E-state index contributed by atoms with van der Waals surface area (Å²) < 4.78 is 5.54. The molecular formula is C16H26N2O2. The molecule has 0 fully saturated rings. The number of hydrogen-bond acceptors (Lipinski definition) is 3. The van der Waals surface area contributed by atoms with Crippen LogP contribution in [0.2, 0.25) is 0 Å². The van der Waals surface area contributed by atoms with Gasteiger partial charge in [-0.05, 0) is 44.0 Å². The number of nitrogens with one attached hydrogen (secondary N) is 1. The fourth-order valence-corrected chi connectivity index (χ4v) is 1.84. The van der Waals surface area contributed by atoms with Gasteiger partial charge >= 0.3 is 0 Å². The summed E-state index contributed by atoms with van der Waals surface area (Å²) in [6.45, 7) is 7.49. The molecule has 112 valence electrons. The first kappa shape index (κ1) is 16.5. The standard InChI is InChI=1S/C16H26N2O2/c1-4-9-18-13(3)10-14-5-7-15(8-6-14)20-11-12(2)16(17)19/h5-8,12-13,18H,4,9-11H2,1-3H3,(H2,17,19). The van der Waals surface area contributed by atoms with Gasteiger partial charge in [-0.2, -0.15) is 0 Å². The van der Waals surface area contributed by atoms with Crippen molar-refractivity contribution in [3.8, 4) is 5.75 Å². The van der Waals surface area contributed by atoms with Gasteiger partial charge in [-0.25, -0.2) is 0 Å². The molecule has 0 aliphatic carbocycles. The predicted octanol–water partition coefficient (Wildman–Crippen LogP) is 2.12. The van der Waals surface area contributed by atoms with E-state index in [-0.39, 0.29) is 11.8 Å². The molecule has 0 aliphatic heterocycles. The van der Waals surface area contributed by atoms with Gasteiger partial charge in [0.15, 0.2) is 0 Å². The first-order valence-corrected chi connectivity index (χ1v) is 7.27. The van der Waals surface area contributed by atoms with Gasteiger partial charge < -0.3 is 15.8 Å². The molecule has 4 heteroatoms. The normalized spacial score (nSPS) is 13.8. The second kappa shape index (κ2) is 8.59. The Hall–Kier alpha value is -1.55. The molecule has 1 rings (SSSR count). The minimum absolute atomic E-state index is 0.270. The number of benzene rings is 1. The number of carbonyl (C=O) groups is 1. The third-order valence-corrected chi connectivity index (χ3v) is 3.19. The number of hydrogen-bond donors (Lipinski definition) is 2. The lowest BCUT2D eigenvalue weighted by molar-refractivity contribution is -0.122. The minimum Gasteiger partial charge on any atom is -0.493 e. The van der Waals surface area contributed by atoms with Crippen LogP contribution >= 0.6 is 0 Å². The van der Waals surface area contributed by atoms with Crippen LogP contribution in [0, 0.1) is 5.92 Å². The Balaban J connectivity index is 2.42. The van der Waals surface area contributed by atoms with Crippen molar-refractivity contribution in [2.45, 2.75) is 39.7 Å². The smallest absolute Gasteiger partial charge is 0.223 e. The van der Waals surface area contributed by atoms with Crippen molar-refractivity contribution in [2.24, 2.45) is 11.7 Å². The van der Waals surface area contributed by atoms with Crippen LogP contribution in [0.15, 0.2) is 24.3 Å². The lowest BCUT2D eigenvalue weighted by Crippen LogP contribution is -2.28. The van der Waals surface area contributed by atoms with Crippen LogP contribution in [0.4, 0.5) is 0 Å². The molecule has 0 spiro atoms. The SMILES string of the molecule is CCCNC(C)Cc1ccc(OCC(C)C(N)=O)cc1. The largest absolute Gasteiger partial charge is 0.493 e. The quantitative estimate of drug-likeness (QED) is 0.727. The minimum atomic E-state index is -0.336. The van der Waals surface area contributed by atoms with E-state index in [4.69, 9.17) is 10.5 Å². The van der Waals surface area contributed by atoms with E-state index in [1.807, 2.05) is 12.1 Å². The molecule has 2 atom stereocenters. The first-order chi connectivity index (χ1) is 9.52. The molecule has 0 heterocycles. The molecule has 1 amide bonds. The first-order valence-electron chi connectivity index (χ1n) is 7.27. The van der Waals surface area contributed by atoms with Gasteiger partial charge in [0.05, 0.1) is 12.5 Å². The monoisotopic (exact) mass is 278 g/mol. The molecule has 0 aromatic heterocycles. The summed E-state index contributed by atoms with van der Waals surface area (Å²) in [7, 11) is 0. The molecule has 20 heavy (non-hydrogen) atoms. The summed E-state index contributed by atoms with van der Waals surface area (Å²) in [5, 5.41) is 3.47. The molecule has 2 unspecified atom stereocenters. The number of carbonyl (C=O) groups excluding carboxylic acids is 1. The topological polar surface area (TPSA) is 64.3 Å². The van der Waals surface area contributed by atoms with E-state index in [2.05, 4.69) is 31.3 Å². The van der Waals surface area contributed by atoms with Gasteiger partial charge in [-0.15, -0.1) is 0 Å². The molecule has 0 radical (unpaired) electrons. The third kappa shape index (κ3) is 6.06. The average Bonchev–Trinajstić information content (AvgIpc) is 2.43. The molecule has 3 N–H and O–H groups in total. The van der Waals surface area contributed by atoms with E-state index < -0.39 is 0 Å². The second-order valence-electron chi connectivity index (χ2n) is 5.32. The van der Waals surface area contributed by atoms with Crippen molar-refractivity contribution in [2.75, 3.05) is 13.2 Å². The van der Waals surface area contributed by atoms with Crippen molar-refractivity contribution in [1.29, 1.82) is 0 Å². The maximum Gasteiger partial charge on any atom is 0.223 e. The fraction of sp³-hybridized carbons (Fsp3) is 0.562. The van der Waals surface area contributed by atoms with Gasteiger partial charge in [0, 0.05) is 6.04 Å². The molecule has 1 aromatic carbocycles. The van der Waals surface area contributed by atoms with Crippen LogP contribution < -0.4 is 15.8 Å².